The van der Waals surface area contributed by atoms with E-state index in [0.29, 0.717) is 26.8 Å². The van der Waals surface area contributed by atoms with Gasteiger partial charge in [-0.2, -0.15) is 0 Å². The molecule has 0 saturated heterocycles. The van der Waals surface area contributed by atoms with Crippen LogP contribution in [0.15, 0.2) is 24.5 Å². The zero-order valence-corrected chi connectivity index (χ0v) is 11.6. The SMILES string of the molecule is Clc1cc(Cl)c(Nc2nccn2C2CC2)cc1Cl. The third kappa shape index (κ3) is 2.30. The van der Waals surface area contributed by atoms with Gasteiger partial charge in [-0.1, -0.05) is 34.8 Å². The molecule has 0 aliphatic heterocycles. The van der Waals surface area contributed by atoms with Crippen molar-refractivity contribution < 1.29 is 0 Å². The van der Waals surface area contributed by atoms with Crippen LogP contribution in [0.1, 0.15) is 18.9 Å². The average molecular weight is 303 g/mol. The molecular formula is C12H10Cl3N3. The molecule has 0 amide bonds. The highest BCUT2D eigenvalue weighted by molar-refractivity contribution is 6.44. The summed E-state index contributed by atoms with van der Waals surface area (Å²) < 4.78 is 2.11. The molecule has 0 bridgehead atoms. The number of aromatic nitrogens is 2. The Balaban J connectivity index is 1.92. The summed E-state index contributed by atoms with van der Waals surface area (Å²) in [5, 5.41) is 4.62. The largest absolute Gasteiger partial charge is 0.324 e. The van der Waals surface area contributed by atoms with Crippen molar-refractivity contribution >= 4 is 46.4 Å². The first kappa shape index (κ1) is 12.2. The molecule has 1 aromatic carbocycles. The predicted molar refractivity (Wildman–Crippen MR) is 75.3 cm³/mol. The Bertz CT molecular complexity index is 590. The van der Waals surface area contributed by atoms with Crippen LogP contribution < -0.4 is 5.32 Å². The van der Waals surface area contributed by atoms with E-state index in [1.54, 1.807) is 18.3 Å². The van der Waals surface area contributed by atoms with Gasteiger partial charge in [0, 0.05) is 18.4 Å². The summed E-state index contributed by atoms with van der Waals surface area (Å²) in [6.45, 7) is 0. The lowest BCUT2D eigenvalue weighted by Gasteiger charge is -2.11. The van der Waals surface area contributed by atoms with Crippen LogP contribution in [0.3, 0.4) is 0 Å². The minimum Gasteiger partial charge on any atom is -0.324 e. The maximum atomic E-state index is 6.12. The zero-order chi connectivity index (χ0) is 12.7. The van der Waals surface area contributed by atoms with E-state index in [2.05, 4.69) is 14.9 Å². The Morgan fingerprint density at radius 3 is 2.56 bits per heavy atom. The Kier molecular flexibility index (Phi) is 3.14. The molecule has 0 atom stereocenters. The number of imidazole rings is 1. The Hall–Kier alpha value is -0.900. The maximum absolute atomic E-state index is 6.12. The molecule has 3 rings (SSSR count). The smallest absolute Gasteiger partial charge is 0.207 e. The monoisotopic (exact) mass is 301 g/mol. The van der Waals surface area contributed by atoms with Crippen molar-refractivity contribution in [3.05, 3.63) is 39.6 Å². The molecule has 1 aliphatic carbocycles. The van der Waals surface area contributed by atoms with E-state index >= 15 is 0 Å². The van der Waals surface area contributed by atoms with Gasteiger partial charge in [-0.3, -0.25) is 0 Å². The van der Waals surface area contributed by atoms with Gasteiger partial charge in [0.25, 0.3) is 0 Å². The van der Waals surface area contributed by atoms with Gasteiger partial charge in [-0.05, 0) is 25.0 Å². The highest BCUT2D eigenvalue weighted by Gasteiger charge is 2.25. The zero-order valence-electron chi connectivity index (χ0n) is 9.33. The van der Waals surface area contributed by atoms with Crippen LogP contribution in [-0.2, 0) is 0 Å². The molecular weight excluding hydrogens is 293 g/mol. The van der Waals surface area contributed by atoms with Crippen LogP contribution in [0.5, 0.6) is 0 Å². The molecule has 6 heteroatoms. The minimum absolute atomic E-state index is 0.442. The summed E-state index contributed by atoms with van der Waals surface area (Å²) in [7, 11) is 0. The van der Waals surface area contributed by atoms with Crippen molar-refractivity contribution in [1.82, 2.24) is 9.55 Å². The highest BCUT2D eigenvalue weighted by Crippen LogP contribution is 2.38. The number of nitrogens with one attached hydrogen (secondary N) is 1. The lowest BCUT2D eigenvalue weighted by atomic mass is 10.3. The molecule has 1 fully saturated rings. The Labute approximate surface area is 120 Å². The summed E-state index contributed by atoms with van der Waals surface area (Å²) in [5.74, 6) is 0.776. The van der Waals surface area contributed by atoms with Crippen molar-refractivity contribution in [2.24, 2.45) is 0 Å². The molecule has 1 N–H and O–H groups in total. The first-order valence-electron chi connectivity index (χ1n) is 5.59. The van der Waals surface area contributed by atoms with Crippen molar-refractivity contribution in [3.63, 3.8) is 0 Å². The number of hydrogen-bond acceptors (Lipinski definition) is 2. The third-order valence-corrected chi connectivity index (χ3v) is 3.90. The van der Waals surface area contributed by atoms with Gasteiger partial charge < -0.3 is 9.88 Å². The molecule has 1 aliphatic rings. The fraction of sp³-hybridized carbons (Fsp3) is 0.250. The topological polar surface area (TPSA) is 29.9 Å². The van der Waals surface area contributed by atoms with Gasteiger partial charge in [0.1, 0.15) is 0 Å². The van der Waals surface area contributed by atoms with Gasteiger partial charge in [0.05, 0.1) is 20.8 Å². The number of anilines is 2. The van der Waals surface area contributed by atoms with E-state index < -0.39 is 0 Å². The molecule has 0 unspecified atom stereocenters. The third-order valence-electron chi connectivity index (χ3n) is 2.87. The number of benzene rings is 1. The quantitative estimate of drug-likeness (QED) is 0.815. The van der Waals surface area contributed by atoms with Crippen LogP contribution in [0.2, 0.25) is 15.1 Å². The summed E-state index contributed by atoms with van der Waals surface area (Å²) in [4.78, 5) is 4.28. The van der Waals surface area contributed by atoms with Gasteiger partial charge >= 0.3 is 0 Å². The Morgan fingerprint density at radius 1 is 1.11 bits per heavy atom. The predicted octanol–water partition coefficient (Wildman–Crippen LogP) is 4.92. The number of hydrogen-bond donors (Lipinski definition) is 1. The van der Waals surface area contributed by atoms with E-state index in [1.165, 1.54) is 12.8 Å². The second-order valence-electron chi connectivity index (χ2n) is 4.26. The first-order valence-corrected chi connectivity index (χ1v) is 6.73. The normalized spacial score (nSPS) is 14.8. The summed E-state index contributed by atoms with van der Waals surface area (Å²) >= 11 is 18.0. The summed E-state index contributed by atoms with van der Waals surface area (Å²) in [6, 6.07) is 3.88. The molecule has 1 heterocycles. The highest BCUT2D eigenvalue weighted by atomic mass is 35.5. The summed E-state index contributed by atoms with van der Waals surface area (Å²) in [5.41, 5.74) is 0.708. The van der Waals surface area contributed by atoms with Gasteiger partial charge in [-0.25, -0.2) is 4.98 Å². The van der Waals surface area contributed by atoms with Gasteiger partial charge in [0.2, 0.25) is 5.95 Å². The van der Waals surface area contributed by atoms with E-state index in [-0.39, 0.29) is 0 Å². The van der Waals surface area contributed by atoms with Crippen molar-refractivity contribution in [2.45, 2.75) is 18.9 Å². The number of nitrogens with zero attached hydrogens (tertiary/aromatic N) is 2. The average Bonchev–Trinajstić information content (AvgIpc) is 3.07. The lowest BCUT2D eigenvalue weighted by Crippen LogP contribution is -2.01. The van der Waals surface area contributed by atoms with Crippen molar-refractivity contribution in [2.75, 3.05) is 5.32 Å². The van der Waals surface area contributed by atoms with E-state index in [9.17, 15) is 0 Å². The van der Waals surface area contributed by atoms with Crippen molar-refractivity contribution in [1.29, 1.82) is 0 Å². The van der Waals surface area contributed by atoms with Crippen LogP contribution in [0.4, 0.5) is 11.6 Å². The second kappa shape index (κ2) is 4.65. The maximum Gasteiger partial charge on any atom is 0.207 e. The van der Waals surface area contributed by atoms with Crippen molar-refractivity contribution in [3.8, 4) is 0 Å². The van der Waals surface area contributed by atoms with Crippen LogP contribution in [0.25, 0.3) is 0 Å². The minimum atomic E-state index is 0.442. The van der Waals surface area contributed by atoms with Crippen LogP contribution >= 0.6 is 34.8 Å². The molecule has 1 saturated carbocycles. The van der Waals surface area contributed by atoms with Crippen LogP contribution in [-0.4, -0.2) is 9.55 Å². The second-order valence-corrected chi connectivity index (χ2v) is 5.48. The van der Waals surface area contributed by atoms with E-state index in [4.69, 9.17) is 34.8 Å². The molecule has 18 heavy (non-hydrogen) atoms. The fourth-order valence-electron chi connectivity index (χ4n) is 1.80. The molecule has 3 nitrogen and oxygen atoms in total. The number of halogens is 3. The summed E-state index contributed by atoms with van der Waals surface area (Å²) in [6.07, 6.45) is 6.12. The van der Waals surface area contributed by atoms with E-state index in [0.717, 1.165) is 5.95 Å². The lowest BCUT2D eigenvalue weighted by molar-refractivity contribution is 0.751. The molecule has 0 radical (unpaired) electrons. The molecule has 2 aromatic rings. The molecule has 0 spiro atoms. The first-order chi connectivity index (χ1) is 8.65. The molecule has 94 valence electrons. The molecule has 1 aromatic heterocycles. The Morgan fingerprint density at radius 2 is 1.83 bits per heavy atom. The standard InChI is InChI=1S/C12H10Cl3N3/c13-8-5-10(15)11(6-9(8)14)17-12-16-3-4-18(12)7-1-2-7/h3-7H,1-2H2,(H,16,17). The van der Waals surface area contributed by atoms with Gasteiger partial charge in [0.15, 0.2) is 0 Å². The van der Waals surface area contributed by atoms with E-state index in [1.807, 2.05) is 6.20 Å². The van der Waals surface area contributed by atoms with Crippen LogP contribution in [0, 0.1) is 0 Å². The fourth-order valence-corrected chi connectivity index (χ4v) is 2.39. The number of rotatable bonds is 3. The van der Waals surface area contributed by atoms with Gasteiger partial charge in [-0.15, -0.1) is 0 Å².